The predicted octanol–water partition coefficient (Wildman–Crippen LogP) is 2.69. The van der Waals surface area contributed by atoms with Gasteiger partial charge < -0.3 is 20.1 Å². The van der Waals surface area contributed by atoms with Crippen LogP contribution in [0.4, 0.5) is 17.6 Å². The summed E-state index contributed by atoms with van der Waals surface area (Å²) in [6.45, 7) is -0.113. The first-order chi connectivity index (χ1) is 15.0. The van der Waals surface area contributed by atoms with Crippen LogP contribution in [0.3, 0.4) is 0 Å². The van der Waals surface area contributed by atoms with Crippen molar-refractivity contribution in [3.63, 3.8) is 0 Å². The van der Waals surface area contributed by atoms with Gasteiger partial charge in [-0.1, -0.05) is 23.7 Å². The number of hydrogen-bond donors (Lipinski definition) is 1. The smallest absolute Gasteiger partial charge is 0.469 e. The topological polar surface area (TPSA) is 108 Å². The zero-order chi connectivity index (χ0) is 23.5. The molecule has 0 aliphatic carbocycles. The summed E-state index contributed by atoms with van der Waals surface area (Å²) in [5, 5.41) is 7.11. The van der Waals surface area contributed by atoms with Crippen molar-refractivity contribution in [2.75, 3.05) is 13.1 Å². The van der Waals surface area contributed by atoms with E-state index in [9.17, 15) is 27.2 Å². The lowest BCUT2D eigenvalue weighted by atomic mass is 10.0. The average molecular weight is 477 g/mol. The molecule has 172 valence electrons. The number of piperidine rings is 1. The lowest BCUT2D eigenvalue weighted by molar-refractivity contribution is -0.274. The van der Waals surface area contributed by atoms with E-state index in [0.717, 1.165) is 18.2 Å². The highest BCUT2D eigenvalue weighted by Crippen LogP contribution is 2.25. The van der Waals surface area contributed by atoms with Gasteiger partial charge >= 0.3 is 6.36 Å². The molecular formula is C19H17ClF4N4O4. The monoisotopic (exact) mass is 476 g/mol. The number of amides is 2. The van der Waals surface area contributed by atoms with E-state index < -0.39 is 36.2 Å². The number of carbonyl (C=O) groups excluding carboxylic acids is 2. The number of alkyl halides is 4. The van der Waals surface area contributed by atoms with Gasteiger partial charge in [0.15, 0.2) is 11.3 Å². The van der Waals surface area contributed by atoms with Crippen molar-refractivity contribution in [2.45, 2.75) is 31.5 Å². The maximum Gasteiger partial charge on any atom is 0.573 e. The minimum atomic E-state index is -4.81. The minimum Gasteiger partial charge on any atom is -0.469 e. The molecule has 1 aliphatic rings. The van der Waals surface area contributed by atoms with E-state index >= 15 is 0 Å². The molecule has 2 N–H and O–H groups in total. The van der Waals surface area contributed by atoms with Crippen molar-refractivity contribution in [3.05, 3.63) is 46.6 Å². The average Bonchev–Trinajstić information content (AvgIpc) is 2.70. The van der Waals surface area contributed by atoms with Gasteiger partial charge in [-0.2, -0.15) is 0 Å². The van der Waals surface area contributed by atoms with Gasteiger partial charge in [0, 0.05) is 13.0 Å². The van der Waals surface area contributed by atoms with Crippen molar-refractivity contribution >= 4 is 23.4 Å². The van der Waals surface area contributed by atoms with E-state index in [4.69, 9.17) is 22.1 Å². The Labute approximate surface area is 184 Å². The number of nitrogens with zero attached hydrogens (tertiary/aromatic N) is 3. The highest BCUT2D eigenvalue weighted by Gasteiger charge is 2.34. The lowest BCUT2D eigenvalue weighted by Gasteiger charge is -2.34. The van der Waals surface area contributed by atoms with Gasteiger partial charge in [0.2, 0.25) is 11.8 Å². The highest BCUT2D eigenvalue weighted by atomic mass is 35.5. The highest BCUT2D eigenvalue weighted by molar-refractivity contribution is 6.29. The number of rotatable bonds is 6. The summed E-state index contributed by atoms with van der Waals surface area (Å²) in [7, 11) is 0. The summed E-state index contributed by atoms with van der Waals surface area (Å²) in [5.41, 5.74) is 5.54. The molecule has 0 radical (unpaired) electrons. The molecule has 1 fully saturated rings. The second-order valence-corrected chi connectivity index (χ2v) is 7.31. The summed E-state index contributed by atoms with van der Waals surface area (Å²) < 4.78 is 60.6. The maximum atomic E-state index is 14.7. The number of likely N-dealkylation sites (tertiary alicyclic amines) is 1. The first-order valence-electron chi connectivity index (χ1n) is 9.28. The van der Waals surface area contributed by atoms with Gasteiger partial charge in [0.05, 0.1) is 13.0 Å². The molecule has 3 rings (SSSR count). The summed E-state index contributed by atoms with van der Waals surface area (Å²) in [6, 6.07) is 6.00. The number of carbonyl (C=O) groups is 2. The van der Waals surface area contributed by atoms with Gasteiger partial charge in [0.1, 0.15) is 17.4 Å². The van der Waals surface area contributed by atoms with Crippen molar-refractivity contribution in [3.8, 4) is 11.6 Å². The van der Waals surface area contributed by atoms with Gasteiger partial charge in [-0.3, -0.25) is 9.59 Å². The summed E-state index contributed by atoms with van der Waals surface area (Å²) in [4.78, 5) is 25.3. The molecule has 32 heavy (non-hydrogen) atoms. The first-order valence-corrected chi connectivity index (χ1v) is 9.66. The lowest BCUT2D eigenvalue weighted by Crippen LogP contribution is -2.49. The molecule has 1 saturated heterocycles. The number of primary amides is 1. The van der Waals surface area contributed by atoms with E-state index in [1.54, 1.807) is 0 Å². The molecule has 0 bridgehead atoms. The zero-order valence-electron chi connectivity index (χ0n) is 16.3. The Morgan fingerprint density at radius 1 is 1.22 bits per heavy atom. The summed E-state index contributed by atoms with van der Waals surface area (Å²) in [6.07, 6.45) is -7.41. The molecule has 0 unspecified atom stereocenters. The summed E-state index contributed by atoms with van der Waals surface area (Å²) >= 11 is 5.68. The van der Waals surface area contributed by atoms with Gasteiger partial charge in [-0.05, 0) is 23.8 Å². The van der Waals surface area contributed by atoms with Crippen molar-refractivity contribution in [1.82, 2.24) is 15.1 Å². The minimum absolute atomic E-state index is 0.0821. The van der Waals surface area contributed by atoms with Crippen LogP contribution >= 0.6 is 11.6 Å². The van der Waals surface area contributed by atoms with Crippen molar-refractivity contribution in [2.24, 2.45) is 5.73 Å². The SMILES string of the molecule is NC(=O)c1cc(Cl)nnc1O[C@@H]1CCN(C(=O)Cc2ccc(OC(F)(F)F)cc2)C[C@@H]1F. The molecule has 0 spiro atoms. The van der Waals surface area contributed by atoms with E-state index in [1.807, 2.05) is 0 Å². The number of hydrogen-bond acceptors (Lipinski definition) is 6. The first kappa shape index (κ1) is 23.5. The molecule has 1 aromatic carbocycles. The fourth-order valence-corrected chi connectivity index (χ4v) is 3.25. The molecule has 2 heterocycles. The Hall–Kier alpha value is -3.15. The molecule has 2 atom stereocenters. The number of halogens is 5. The third-order valence-electron chi connectivity index (χ3n) is 4.61. The fraction of sp³-hybridized carbons (Fsp3) is 0.368. The van der Waals surface area contributed by atoms with Gasteiger partial charge in [0.25, 0.3) is 5.91 Å². The Balaban J connectivity index is 1.57. The second kappa shape index (κ2) is 9.55. The Kier molecular flexibility index (Phi) is 7.02. The second-order valence-electron chi connectivity index (χ2n) is 6.92. The third-order valence-corrected chi connectivity index (χ3v) is 4.79. The van der Waals surface area contributed by atoms with Gasteiger partial charge in [-0.25, -0.2) is 4.39 Å². The van der Waals surface area contributed by atoms with Crippen LogP contribution < -0.4 is 15.2 Å². The maximum absolute atomic E-state index is 14.7. The van der Waals surface area contributed by atoms with Crippen LogP contribution in [-0.2, 0) is 11.2 Å². The van der Waals surface area contributed by atoms with Crippen LogP contribution in [0.1, 0.15) is 22.3 Å². The van der Waals surface area contributed by atoms with E-state index in [2.05, 4.69) is 14.9 Å². The predicted molar refractivity (Wildman–Crippen MR) is 103 cm³/mol. The largest absolute Gasteiger partial charge is 0.573 e. The fourth-order valence-electron chi connectivity index (χ4n) is 3.10. The Bertz CT molecular complexity index is 990. The van der Waals surface area contributed by atoms with Crippen molar-refractivity contribution in [1.29, 1.82) is 0 Å². The van der Waals surface area contributed by atoms with Crippen LogP contribution in [0.25, 0.3) is 0 Å². The molecule has 2 aromatic rings. The number of aromatic nitrogens is 2. The van der Waals surface area contributed by atoms with E-state index in [0.29, 0.717) is 5.56 Å². The van der Waals surface area contributed by atoms with Crippen LogP contribution in [0, 0.1) is 0 Å². The van der Waals surface area contributed by atoms with E-state index in [1.165, 1.54) is 17.0 Å². The standard InChI is InChI=1S/C19H17ClF4N4O4/c20-15-8-12(17(25)30)18(27-26-15)31-14-5-6-28(9-13(14)21)16(29)7-10-1-3-11(4-2-10)32-19(22,23)24/h1-4,8,13-14H,5-7,9H2,(H2,25,30)/t13-,14+/m0/s1. The van der Waals surface area contributed by atoms with Crippen LogP contribution in [0.2, 0.25) is 5.15 Å². The normalized spacial score (nSPS) is 18.8. The Morgan fingerprint density at radius 3 is 2.50 bits per heavy atom. The molecule has 1 aromatic heterocycles. The van der Waals surface area contributed by atoms with Crippen LogP contribution in [-0.4, -0.2) is 58.6 Å². The number of nitrogens with two attached hydrogens (primary N) is 1. The molecule has 2 amide bonds. The third kappa shape index (κ3) is 6.19. The molecule has 8 nitrogen and oxygen atoms in total. The number of ether oxygens (including phenoxy) is 2. The van der Waals surface area contributed by atoms with E-state index in [-0.39, 0.29) is 42.5 Å². The molecule has 1 aliphatic heterocycles. The zero-order valence-corrected chi connectivity index (χ0v) is 17.1. The quantitative estimate of drug-likeness (QED) is 0.642. The number of benzene rings is 1. The molecular weight excluding hydrogens is 460 g/mol. The Morgan fingerprint density at radius 2 is 1.91 bits per heavy atom. The molecule has 0 saturated carbocycles. The van der Waals surface area contributed by atoms with Crippen LogP contribution in [0.15, 0.2) is 30.3 Å². The van der Waals surface area contributed by atoms with Crippen LogP contribution in [0.5, 0.6) is 11.6 Å². The van der Waals surface area contributed by atoms with Gasteiger partial charge in [-0.15, -0.1) is 23.4 Å². The summed E-state index contributed by atoms with van der Waals surface area (Å²) in [5.74, 6) is -1.93. The molecule has 13 heteroatoms. The van der Waals surface area contributed by atoms with Crippen molar-refractivity contribution < 1.29 is 36.6 Å².